The number of fused-ring (bicyclic) bond motifs is 4. The van der Waals surface area contributed by atoms with E-state index in [2.05, 4.69) is 95.6 Å². The first-order valence-corrected chi connectivity index (χ1v) is 13.3. The van der Waals surface area contributed by atoms with Crippen LogP contribution in [-0.2, 0) is 0 Å². The highest BCUT2D eigenvalue weighted by Crippen LogP contribution is 2.36. The minimum atomic E-state index is 0.622. The largest absolute Gasteiger partial charge is 0.436 e. The highest BCUT2D eigenvalue weighted by molar-refractivity contribution is 6.10. The smallest absolute Gasteiger partial charge is 0.227 e. The van der Waals surface area contributed by atoms with Gasteiger partial charge in [-0.2, -0.15) is 0 Å². The molecule has 188 valence electrons. The van der Waals surface area contributed by atoms with Crippen LogP contribution in [0.2, 0.25) is 0 Å². The molecule has 5 aromatic carbocycles. The summed E-state index contributed by atoms with van der Waals surface area (Å²) in [5.74, 6) is 0.622. The van der Waals surface area contributed by atoms with Crippen LogP contribution in [0, 0.1) is 0 Å². The Morgan fingerprint density at radius 3 is 2.17 bits per heavy atom. The molecular weight excluding hydrogens is 490 g/mol. The van der Waals surface area contributed by atoms with Crippen molar-refractivity contribution in [2.45, 2.75) is 0 Å². The molecule has 0 saturated carbocycles. The summed E-state index contributed by atoms with van der Waals surface area (Å²) in [4.78, 5) is 9.56. The molecule has 0 aliphatic carbocycles. The Labute approximate surface area is 230 Å². The maximum absolute atomic E-state index is 6.11. The summed E-state index contributed by atoms with van der Waals surface area (Å²) >= 11 is 0. The monoisotopic (exact) mass is 513 g/mol. The summed E-state index contributed by atoms with van der Waals surface area (Å²) in [6, 6.07) is 46.0. The van der Waals surface area contributed by atoms with Crippen LogP contribution in [0.4, 0.5) is 0 Å². The maximum atomic E-state index is 6.11. The van der Waals surface area contributed by atoms with Crippen molar-refractivity contribution in [1.82, 2.24) is 14.5 Å². The maximum Gasteiger partial charge on any atom is 0.227 e. The second-order valence-corrected chi connectivity index (χ2v) is 9.92. The minimum Gasteiger partial charge on any atom is -0.436 e. The fourth-order valence-electron chi connectivity index (χ4n) is 5.55. The van der Waals surface area contributed by atoms with E-state index in [1.54, 1.807) is 0 Å². The zero-order chi connectivity index (χ0) is 26.5. The summed E-state index contributed by atoms with van der Waals surface area (Å²) in [6.45, 7) is 0. The van der Waals surface area contributed by atoms with Crippen LogP contribution in [0.3, 0.4) is 0 Å². The van der Waals surface area contributed by atoms with Crippen LogP contribution >= 0.6 is 0 Å². The molecule has 0 saturated heterocycles. The van der Waals surface area contributed by atoms with Crippen molar-refractivity contribution in [3.8, 4) is 39.5 Å². The van der Waals surface area contributed by atoms with Gasteiger partial charge in [-0.3, -0.25) is 4.98 Å². The van der Waals surface area contributed by atoms with E-state index in [0.29, 0.717) is 5.89 Å². The number of aromatic nitrogens is 3. The molecule has 0 radical (unpaired) electrons. The summed E-state index contributed by atoms with van der Waals surface area (Å²) < 4.78 is 8.43. The van der Waals surface area contributed by atoms with Gasteiger partial charge in [-0.1, -0.05) is 84.9 Å². The van der Waals surface area contributed by atoms with Gasteiger partial charge in [0.05, 0.1) is 16.7 Å². The molecule has 0 aliphatic heterocycles. The molecule has 0 amide bonds. The molecule has 0 bridgehead atoms. The Morgan fingerprint density at radius 2 is 1.30 bits per heavy atom. The molecular formula is C36H23N3O. The van der Waals surface area contributed by atoms with Crippen molar-refractivity contribution in [1.29, 1.82) is 0 Å². The van der Waals surface area contributed by atoms with E-state index in [4.69, 9.17) is 14.4 Å². The van der Waals surface area contributed by atoms with E-state index in [0.717, 1.165) is 55.8 Å². The number of oxazole rings is 1. The van der Waals surface area contributed by atoms with Crippen LogP contribution in [0.15, 0.2) is 144 Å². The van der Waals surface area contributed by atoms with Crippen molar-refractivity contribution in [2.75, 3.05) is 0 Å². The summed E-state index contributed by atoms with van der Waals surface area (Å²) in [7, 11) is 0. The number of nitrogens with zero attached hydrogens (tertiary/aromatic N) is 3. The Bertz CT molecular complexity index is 2120. The summed E-state index contributed by atoms with van der Waals surface area (Å²) in [6.07, 6.45) is 1.95. The lowest BCUT2D eigenvalue weighted by molar-refractivity contribution is 0.620. The first-order valence-electron chi connectivity index (χ1n) is 13.3. The first kappa shape index (κ1) is 22.5. The molecule has 0 N–H and O–H groups in total. The van der Waals surface area contributed by atoms with Crippen LogP contribution in [0.25, 0.3) is 72.4 Å². The summed E-state index contributed by atoms with van der Waals surface area (Å²) in [5, 5.41) is 2.39. The van der Waals surface area contributed by atoms with E-state index >= 15 is 0 Å². The SMILES string of the molecule is c1ccc(-c2ccc(-c3cccc(-n4c5ccccc5c5ccc(-c6nc7ccccc7o6)cc54)c3)nc2)cc1. The topological polar surface area (TPSA) is 43.9 Å². The van der Waals surface area contributed by atoms with Crippen LogP contribution in [0.1, 0.15) is 0 Å². The van der Waals surface area contributed by atoms with E-state index < -0.39 is 0 Å². The molecule has 0 aliphatic rings. The Kier molecular flexibility index (Phi) is 5.10. The predicted octanol–water partition coefficient (Wildman–Crippen LogP) is 9.32. The highest BCUT2D eigenvalue weighted by Gasteiger charge is 2.16. The molecule has 0 spiro atoms. The minimum absolute atomic E-state index is 0.622. The molecule has 4 heteroatoms. The number of rotatable bonds is 4. The van der Waals surface area contributed by atoms with Gasteiger partial charge in [0.15, 0.2) is 5.58 Å². The Hall–Kier alpha value is -5.48. The van der Waals surface area contributed by atoms with Gasteiger partial charge < -0.3 is 8.98 Å². The molecule has 4 nitrogen and oxygen atoms in total. The van der Waals surface area contributed by atoms with Crippen molar-refractivity contribution in [3.63, 3.8) is 0 Å². The average molecular weight is 514 g/mol. The van der Waals surface area contributed by atoms with E-state index in [9.17, 15) is 0 Å². The van der Waals surface area contributed by atoms with Crippen LogP contribution in [0.5, 0.6) is 0 Å². The van der Waals surface area contributed by atoms with E-state index in [1.165, 1.54) is 10.8 Å². The normalized spacial score (nSPS) is 11.5. The van der Waals surface area contributed by atoms with Crippen LogP contribution in [-0.4, -0.2) is 14.5 Å². The van der Waals surface area contributed by atoms with Gasteiger partial charge in [0, 0.05) is 39.3 Å². The fraction of sp³-hybridized carbons (Fsp3) is 0. The van der Waals surface area contributed by atoms with Crippen molar-refractivity contribution in [2.24, 2.45) is 0 Å². The Balaban J connectivity index is 1.27. The molecule has 0 unspecified atom stereocenters. The zero-order valence-electron chi connectivity index (χ0n) is 21.5. The average Bonchev–Trinajstić information content (AvgIpc) is 3.61. The van der Waals surface area contributed by atoms with Gasteiger partial charge in [0.1, 0.15) is 5.52 Å². The standard InChI is InChI=1S/C36H23N3O/c1-2-9-24(10-3-1)27-18-20-31(37-23-27)25-11-8-12-28(21-25)39-33-15-6-4-13-29(33)30-19-17-26(22-34(30)39)36-38-32-14-5-7-16-35(32)40-36/h1-23H. The highest BCUT2D eigenvalue weighted by atomic mass is 16.3. The second kappa shape index (κ2) is 9.07. The molecule has 40 heavy (non-hydrogen) atoms. The van der Waals surface area contributed by atoms with Crippen molar-refractivity contribution >= 4 is 32.9 Å². The fourth-order valence-corrected chi connectivity index (χ4v) is 5.55. The van der Waals surface area contributed by atoms with Crippen LogP contribution < -0.4 is 0 Å². The van der Waals surface area contributed by atoms with Gasteiger partial charge in [-0.05, 0) is 54.1 Å². The number of para-hydroxylation sites is 3. The number of benzene rings is 5. The van der Waals surface area contributed by atoms with Gasteiger partial charge in [-0.25, -0.2) is 4.98 Å². The van der Waals surface area contributed by atoms with Gasteiger partial charge in [0.2, 0.25) is 5.89 Å². The summed E-state index contributed by atoms with van der Waals surface area (Å²) in [5.41, 5.74) is 10.2. The lowest BCUT2D eigenvalue weighted by Gasteiger charge is -2.11. The van der Waals surface area contributed by atoms with Gasteiger partial charge in [-0.15, -0.1) is 0 Å². The molecule has 3 heterocycles. The zero-order valence-corrected chi connectivity index (χ0v) is 21.5. The van der Waals surface area contributed by atoms with E-state index in [1.807, 2.05) is 48.7 Å². The quantitative estimate of drug-likeness (QED) is 0.235. The third-order valence-corrected chi connectivity index (χ3v) is 7.49. The number of hydrogen-bond acceptors (Lipinski definition) is 3. The molecule has 8 aromatic rings. The third kappa shape index (κ3) is 3.69. The molecule has 8 rings (SSSR count). The van der Waals surface area contributed by atoms with Gasteiger partial charge in [0.25, 0.3) is 0 Å². The van der Waals surface area contributed by atoms with Gasteiger partial charge >= 0.3 is 0 Å². The predicted molar refractivity (Wildman–Crippen MR) is 162 cm³/mol. The van der Waals surface area contributed by atoms with Crippen molar-refractivity contribution < 1.29 is 4.42 Å². The lowest BCUT2D eigenvalue weighted by Crippen LogP contribution is -1.95. The second-order valence-electron chi connectivity index (χ2n) is 9.92. The third-order valence-electron chi connectivity index (χ3n) is 7.49. The number of hydrogen-bond donors (Lipinski definition) is 0. The Morgan fingerprint density at radius 1 is 0.525 bits per heavy atom. The molecule has 3 aromatic heterocycles. The lowest BCUT2D eigenvalue weighted by atomic mass is 10.1. The first-order chi connectivity index (χ1) is 19.8. The number of pyridine rings is 1. The molecule has 0 atom stereocenters. The molecule has 0 fully saturated rings. The van der Waals surface area contributed by atoms with E-state index in [-0.39, 0.29) is 0 Å². The van der Waals surface area contributed by atoms with Crippen molar-refractivity contribution in [3.05, 3.63) is 140 Å².